The predicted octanol–water partition coefficient (Wildman–Crippen LogP) is 2.05. The molecule has 1 aliphatic rings. The molecule has 0 bridgehead atoms. The molecule has 1 heterocycles. The lowest BCUT2D eigenvalue weighted by molar-refractivity contribution is 0.947. The summed E-state index contributed by atoms with van der Waals surface area (Å²) in [5, 5.41) is 3.93. The number of halogens is 1. The minimum Gasteiger partial charge on any atom is -0.354 e. The van der Waals surface area contributed by atoms with Crippen LogP contribution in [0.4, 0.5) is 5.69 Å². The number of guanidine groups is 1. The van der Waals surface area contributed by atoms with Crippen LogP contribution in [0.25, 0.3) is 0 Å². The van der Waals surface area contributed by atoms with Gasteiger partial charge in [0.15, 0.2) is 5.96 Å². The third kappa shape index (κ3) is 2.37. The van der Waals surface area contributed by atoms with Crippen LogP contribution in [0.1, 0.15) is 5.56 Å². The van der Waals surface area contributed by atoms with Crippen LogP contribution in [0.15, 0.2) is 23.2 Å². The molecule has 1 aromatic carbocycles. The fraction of sp³-hybridized carbons (Fsp3) is 0.308. The van der Waals surface area contributed by atoms with E-state index in [0.717, 1.165) is 35.3 Å². The van der Waals surface area contributed by atoms with Crippen molar-refractivity contribution < 1.29 is 0 Å². The first kappa shape index (κ1) is 11.8. The molecule has 0 spiro atoms. The molecule has 1 N–H and O–H groups in total. The van der Waals surface area contributed by atoms with E-state index in [1.54, 1.807) is 0 Å². The summed E-state index contributed by atoms with van der Waals surface area (Å²) < 4.78 is 0. The van der Waals surface area contributed by atoms with E-state index in [2.05, 4.69) is 16.2 Å². The average Bonchev–Trinajstić information content (AvgIpc) is 2.84. The Hall–Kier alpha value is -1.66. The van der Waals surface area contributed by atoms with Crippen molar-refractivity contribution in [1.29, 1.82) is 0 Å². The maximum Gasteiger partial charge on any atom is 0.199 e. The molecule has 3 nitrogen and oxygen atoms in total. The first-order chi connectivity index (χ1) is 8.24. The van der Waals surface area contributed by atoms with Gasteiger partial charge < -0.3 is 5.32 Å². The summed E-state index contributed by atoms with van der Waals surface area (Å²) >= 11 is 6.31. The van der Waals surface area contributed by atoms with Crippen molar-refractivity contribution in [2.24, 2.45) is 4.99 Å². The molecular weight excluding hydrogens is 234 g/mol. The van der Waals surface area contributed by atoms with Crippen LogP contribution < -0.4 is 10.2 Å². The van der Waals surface area contributed by atoms with Crippen LogP contribution in [0.2, 0.25) is 5.02 Å². The highest BCUT2D eigenvalue weighted by Gasteiger charge is 2.18. The van der Waals surface area contributed by atoms with Gasteiger partial charge in [-0.25, -0.2) is 0 Å². The van der Waals surface area contributed by atoms with E-state index in [1.165, 1.54) is 0 Å². The topological polar surface area (TPSA) is 27.6 Å². The molecule has 0 aliphatic carbocycles. The van der Waals surface area contributed by atoms with Crippen LogP contribution in [0.3, 0.4) is 0 Å². The number of rotatable bonds is 2. The highest BCUT2D eigenvalue weighted by Crippen LogP contribution is 2.28. The first-order valence-corrected chi connectivity index (χ1v) is 5.86. The molecule has 1 aromatic rings. The van der Waals surface area contributed by atoms with Crippen molar-refractivity contribution in [3.05, 3.63) is 28.8 Å². The van der Waals surface area contributed by atoms with Crippen molar-refractivity contribution in [1.82, 2.24) is 5.32 Å². The summed E-state index contributed by atoms with van der Waals surface area (Å²) in [5.74, 6) is 3.44. The molecule has 2 rings (SSSR count). The number of hydrogen-bond donors (Lipinski definition) is 1. The van der Waals surface area contributed by atoms with Gasteiger partial charge in [-0.2, -0.15) is 0 Å². The molecule has 0 aromatic heterocycles. The number of aryl methyl sites for hydroxylation is 1. The molecule has 0 saturated carbocycles. The fourth-order valence-electron chi connectivity index (χ4n) is 1.77. The van der Waals surface area contributed by atoms with Crippen molar-refractivity contribution in [2.45, 2.75) is 6.92 Å². The normalized spacial score (nSPS) is 13.8. The maximum atomic E-state index is 6.31. The number of benzene rings is 1. The van der Waals surface area contributed by atoms with Crippen LogP contribution in [-0.4, -0.2) is 25.6 Å². The van der Waals surface area contributed by atoms with E-state index < -0.39 is 0 Å². The zero-order chi connectivity index (χ0) is 12.3. The van der Waals surface area contributed by atoms with Crippen molar-refractivity contribution >= 4 is 23.2 Å². The van der Waals surface area contributed by atoms with Gasteiger partial charge in [-0.05, 0) is 18.6 Å². The Morgan fingerprint density at radius 3 is 3.06 bits per heavy atom. The third-order valence-corrected chi connectivity index (χ3v) is 3.12. The quantitative estimate of drug-likeness (QED) is 0.810. The molecule has 88 valence electrons. The Morgan fingerprint density at radius 2 is 2.41 bits per heavy atom. The van der Waals surface area contributed by atoms with Gasteiger partial charge in [0.05, 0.1) is 23.8 Å². The van der Waals surface area contributed by atoms with Gasteiger partial charge in [0.25, 0.3) is 0 Å². The standard InChI is InChI=1S/C13H14ClN3/c1-3-9-17(13-15-7-8-16-13)11-6-4-5-10(2)12(11)14/h1,4-6H,7-9H2,2H3,(H,15,16). The Morgan fingerprint density at radius 1 is 1.59 bits per heavy atom. The highest BCUT2D eigenvalue weighted by atomic mass is 35.5. The summed E-state index contributed by atoms with van der Waals surface area (Å²) in [4.78, 5) is 6.31. The number of nitrogens with one attached hydrogen (secondary N) is 1. The molecule has 17 heavy (non-hydrogen) atoms. The van der Waals surface area contributed by atoms with Gasteiger partial charge in [0.2, 0.25) is 0 Å². The minimum atomic E-state index is 0.453. The van der Waals surface area contributed by atoms with Gasteiger partial charge in [-0.1, -0.05) is 29.7 Å². The number of nitrogens with zero attached hydrogens (tertiary/aromatic N) is 2. The number of terminal acetylenes is 1. The summed E-state index contributed by atoms with van der Waals surface area (Å²) in [7, 11) is 0. The Bertz CT molecular complexity index is 488. The molecule has 0 amide bonds. The minimum absolute atomic E-state index is 0.453. The van der Waals surface area contributed by atoms with Crippen molar-refractivity contribution in [3.63, 3.8) is 0 Å². The number of anilines is 1. The molecule has 0 atom stereocenters. The third-order valence-electron chi connectivity index (χ3n) is 2.62. The van der Waals surface area contributed by atoms with E-state index in [1.807, 2.05) is 30.0 Å². The Kier molecular flexibility index (Phi) is 3.55. The lowest BCUT2D eigenvalue weighted by Crippen LogP contribution is -2.39. The monoisotopic (exact) mass is 247 g/mol. The van der Waals surface area contributed by atoms with E-state index in [4.69, 9.17) is 18.0 Å². The molecule has 0 unspecified atom stereocenters. The number of hydrogen-bond acceptors (Lipinski definition) is 3. The lowest BCUT2D eigenvalue weighted by atomic mass is 10.2. The Balaban J connectivity index is 2.39. The van der Waals surface area contributed by atoms with Gasteiger partial charge in [0, 0.05) is 6.54 Å². The van der Waals surface area contributed by atoms with Crippen molar-refractivity contribution in [2.75, 3.05) is 24.5 Å². The van der Waals surface area contributed by atoms with Gasteiger partial charge in [0.1, 0.15) is 0 Å². The van der Waals surface area contributed by atoms with Crippen LogP contribution >= 0.6 is 11.6 Å². The zero-order valence-corrected chi connectivity index (χ0v) is 10.5. The molecule has 1 aliphatic heterocycles. The smallest absolute Gasteiger partial charge is 0.199 e. The molecule has 4 heteroatoms. The summed E-state index contributed by atoms with van der Waals surface area (Å²) in [5.41, 5.74) is 1.93. The first-order valence-electron chi connectivity index (χ1n) is 5.48. The maximum absolute atomic E-state index is 6.31. The second kappa shape index (κ2) is 5.11. The Labute approximate surface area is 106 Å². The van der Waals surface area contributed by atoms with Gasteiger partial charge in [-0.15, -0.1) is 6.42 Å². The molecule has 0 fully saturated rings. The fourth-order valence-corrected chi connectivity index (χ4v) is 2.00. The van der Waals surface area contributed by atoms with E-state index in [0.29, 0.717) is 6.54 Å². The van der Waals surface area contributed by atoms with E-state index >= 15 is 0 Å². The second-order valence-electron chi connectivity index (χ2n) is 3.83. The second-order valence-corrected chi connectivity index (χ2v) is 4.21. The summed E-state index contributed by atoms with van der Waals surface area (Å²) in [6, 6.07) is 5.90. The van der Waals surface area contributed by atoms with Gasteiger partial charge >= 0.3 is 0 Å². The molecular formula is C13H14ClN3. The average molecular weight is 248 g/mol. The molecule has 0 radical (unpaired) electrons. The van der Waals surface area contributed by atoms with Crippen LogP contribution in [0.5, 0.6) is 0 Å². The van der Waals surface area contributed by atoms with Gasteiger partial charge in [-0.3, -0.25) is 9.89 Å². The summed E-state index contributed by atoms with van der Waals surface area (Å²) in [6.07, 6.45) is 5.40. The van der Waals surface area contributed by atoms with Crippen LogP contribution in [0, 0.1) is 19.3 Å². The lowest BCUT2D eigenvalue weighted by Gasteiger charge is -2.23. The van der Waals surface area contributed by atoms with E-state index in [9.17, 15) is 0 Å². The largest absolute Gasteiger partial charge is 0.354 e. The molecule has 0 saturated heterocycles. The predicted molar refractivity (Wildman–Crippen MR) is 72.7 cm³/mol. The SMILES string of the molecule is C#CCN(C1=NCCN1)c1cccc(C)c1Cl. The number of aliphatic imine (C=N–C) groups is 1. The zero-order valence-electron chi connectivity index (χ0n) is 9.70. The van der Waals surface area contributed by atoms with Crippen molar-refractivity contribution in [3.8, 4) is 12.3 Å². The van der Waals surface area contributed by atoms with Crippen LogP contribution in [-0.2, 0) is 0 Å². The van der Waals surface area contributed by atoms with E-state index in [-0.39, 0.29) is 0 Å². The summed E-state index contributed by atoms with van der Waals surface area (Å²) in [6.45, 7) is 4.05. The highest BCUT2D eigenvalue weighted by molar-refractivity contribution is 6.34.